The smallest absolute Gasteiger partial charge is 0.254 e. The number of Topliss-reactive ketones (excluding diaryl/α,β-unsaturated/α-hetero) is 1. The average Bonchev–Trinajstić information content (AvgIpc) is 2.18. The van der Waals surface area contributed by atoms with E-state index in [1.54, 1.807) is 0 Å². The van der Waals surface area contributed by atoms with Gasteiger partial charge < -0.3 is 0 Å². The molecule has 1 rings (SSSR count). The number of carbonyl (C=O) groups is 3. The van der Waals surface area contributed by atoms with Crippen LogP contribution in [0.2, 0.25) is 0 Å². The number of nitrogens with zero attached hydrogens (tertiary/aromatic N) is 1. The maximum Gasteiger partial charge on any atom is 0.254 e. The van der Waals surface area contributed by atoms with Crippen LogP contribution in [0.1, 0.15) is 29.2 Å². The molecular weight excluding hydrogens is 182 g/mol. The van der Waals surface area contributed by atoms with E-state index >= 15 is 0 Å². The Balaban J connectivity index is -0.000000403. The van der Waals surface area contributed by atoms with Crippen molar-refractivity contribution < 1.29 is 14.4 Å². The van der Waals surface area contributed by atoms with E-state index in [0.717, 1.165) is 17.1 Å². The summed E-state index contributed by atoms with van der Waals surface area (Å²) in [7, 11) is 0. The number of imide groups is 1. The fraction of sp³-hybridized carbons (Fsp3) is 0.500. The molecular formula is C10H19NO3. The summed E-state index contributed by atoms with van der Waals surface area (Å²) < 4.78 is 0. The molecule has 1 heterocycles. The quantitative estimate of drug-likeness (QED) is 0.635. The number of amides is 2. The first-order valence-corrected chi connectivity index (χ1v) is 3.14. The van der Waals surface area contributed by atoms with Gasteiger partial charge in [-0.2, -0.15) is 0 Å². The number of carbonyl (C=O) groups excluding carboxylic acids is 3. The van der Waals surface area contributed by atoms with Crippen LogP contribution in [0.3, 0.4) is 0 Å². The molecule has 0 spiro atoms. The van der Waals surface area contributed by atoms with Crippen LogP contribution < -0.4 is 0 Å². The number of hydrogen-bond acceptors (Lipinski definition) is 3. The number of ketones is 1. The molecule has 82 valence electrons. The second-order valence-electron chi connectivity index (χ2n) is 2.30. The summed E-state index contributed by atoms with van der Waals surface area (Å²) >= 11 is 0. The molecule has 0 aromatic carbocycles. The predicted octanol–water partition coefficient (Wildman–Crippen LogP) is 1.41. The van der Waals surface area contributed by atoms with Gasteiger partial charge in [0, 0.05) is 12.2 Å². The van der Waals surface area contributed by atoms with E-state index in [1.165, 1.54) is 6.92 Å². The first-order valence-electron chi connectivity index (χ1n) is 3.14. The van der Waals surface area contributed by atoms with Crippen LogP contribution in [-0.4, -0.2) is 29.0 Å². The van der Waals surface area contributed by atoms with Crippen LogP contribution in [0.4, 0.5) is 0 Å². The minimum atomic E-state index is -0.412. The van der Waals surface area contributed by atoms with Gasteiger partial charge in [0.2, 0.25) is 0 Å². The molecule has 1 aliphatic rings. The molecule has 0 aromatic rings. The van der Waals surface area contributed by atoms with Crippen molar-refractivity contribution in [2.45, 2.75) is 29.2 Å². The normalized spacial score (nSPS) is 12.8. The molecule has 14 heavy (non-hydrogen) atoms. The summed E-state index contributed by atoms with van der Waals surface area (Å²) in [6, 6.07) is 0. The predicted molar refractivity (Wildman–Crippen MR) is 56.7 cm³/mol. The Morgan fingerprint density at radius 2 is 1.50 bits per heavy atom. The summed E-state index contributed by atoms with van der Waals surface area (Å²) in [5, 5.41) is 0. The highest BCUT2D eigenvalue weighted by molar-refractivity contribution is 6.14. The highest BCUT2D eigenvalue weighted by Gasteiger charge is 2.23. The van der Waals surface area contributed by atoms with E-state index in [2.05, 4.69) is 0 Å². The topological polar surface area (TPSA) is 54.5 Å². The third-order valence-electron chi connectivity index (χ3n) is 1.28. The zero-order chi connectivity index (χ0) is 8.43. The van der Waals surface area contributed by atoms with Crippen molar-refractivity contribution >= 4 is 17.6 Å². The monoisotopic (exact) mass is 201 g/mol. The van der Waals surface area contributed by atoms with Crippen LogP contribution in [0, 0.1) is 0 Å². The van der Waals surface area contributed by atoms with Gasteiger partial charge >= 0.3 is 0 Å². The van der Waals surface area contributed by atoms with Crippen LogP contribution in [0.25, 0.3) is 0 Å². The molecule has 0 fully saturated rings. The highest BCUT2D eigenvalue weighted by Crippen LogP contribution is 2.02. The molecule has 0 saturated carbocycles. The molecule has 0 saturated heterocycles. The molecule has 0 bridgehead atoms. The largest absolute Gasteiger partial charge is 0.298 e. The fourth-order valence-electron chi connectivity index (χ4n) is 0.810. The van der Waals surface area contributed by atoms with Crippen molar-refractivity contribution in [3.05, 3.63) is 12.2 Å². The van der Waals surface area contributed by atoms with Crippen molar-refractivity contribution in [1.82, 2.24) is 4.90 Å². The first-order chi connectivity index (χ1) is 5.11. The van der Waals surface area contributed by atoms with Crippen molar-refractivity contribution in [3.8, 4) is 0 Å². The minimum Gasteiger partial charge on any atom is -0.298 e. The number of rotatable bonds is 2. The maximum absolute atomic E-state index is 10.8. The summed E-state index contributed by atoms with van der Waals surface area (Å²) in [4.78, 5) is 33.0. The van der Waals surface area contributed by atoms with Crippen molar-refractivity contribution in [3.63, 3.8) is 0 Å². The Kier molecular flexibility index (Phi) is 9.18. The molecule has 0 aliphatic carbocycles. The van der Waals surface area contributed by atoms with Gasteiger partial charge in [0.1, 0.15) is 5.78 Å². The third-order valence-corrected chi connectivity index (χ3v) is 1.28. The molecule has 0 radical (unpaired) electrons. The fourth-order valence-corrected chi connectivity index (χ4v) is 0.810. The van der Waals surface area contributed by atoms with E-state index < -0.39 is 11.8 Å². The SMILES string of the molecule is C.C.C.CC(=O)CN1C(=O)C=CC1=O. The second kappa shape index (κ2) is 7.00. The summed E-state index contributed by atoms with van der Waals surface area (Å²) in [6.45, 7) is 1.21. The highest BCUT2D eigenvalue weighted by atomic mass is 16.2. The van der Waals surface area contributed by atoms with Crippen LogP contribution in [-0.2, 0) is 14.4 Å². The van der Waals surface area contributed by atoms with Gasteiger partial charge in [0.25, 0.3) is 11.8 Å². The second-order valence-corrected chi connectivity index (χ2v) is 2.30. The van der Waals surface area contributed by atoms with Crippen LogP contribution in [0.15, 0.2) is 12.2 Å². The van der Waals surface area contributed by atoms with Crippen molar-refractivity contribution in [1.29, 1.82) is 0 Å². The molecule has 2 amide bonds. The first kappa shape index (κ1) is 18.4. The lowest BCUT2D eigenvalue weighted by Gasteiger charge is -2.09. The molecule has 0 unspecified atom stereocenters. The lowest BCUT2D eigenvalue weighted by atomic mass is 10.4. The lowest BCUT2D eigenvalue weighted by Crippen LogP contribution is -2.34. The van der Waals surface area contributed by atoms with E-state index in [1.807, 2.05) is 0 Å². The number of hydrogen-bond donors (Lipinski definition) is 0. The minimum absolute atomic E-state index is 0. The maximum atomic E-state index is 10.8. The Morgan fingerprint density at radius 1 is 1.14 bits per heavy atom. The summed E-state index contributed by atoms with van der Waals surface area (Å²) in [5.74, 6) is -1.02. The van der Waals surface area contributed by atoms with Gasteiger partial charge in [-0.15, -0.1) is 0 Å². The average molecular weight is 201 g/mol. The molecule has 0 atom stereocenters. The van der Waals surface area contributed by atoms with Crippen LogP contribution in [0.5, 0.6) is 0 Å². The van der Waals surface area contributed by atoms with Crippen molar-refractivity contribution in [2.24, 2.45) is 0 Å². The Morgan fingerprint density at radius 3 is 1.79 bits per heavy atom. The molecule has 4 heteroatoms. The Labute approximate surface area is 85.6 Å². The van der Waals surface area contributed by atoms with E-state index in [9.17, 15) is 14.4 Å². The molecule has 0 aromatic heterocycles. The molecule has 1 aliphatic heterocycles. The summed E-state index contributed by atoms with van der Waals surface area (Å²) in [6.07, 6.45) is 2.32. The zero-order valence-corrected chi connectivity index (χ0v) is 6.03. The van der Waals surface area contributed by atoms with Gasteiger partial charge in [-0.05, 0) is 6.92 Å². The van der Waals surface area contributed by atoms with E-state index in [-0.39, 0.29) is 34.6 Å². The zero-order valence-electron chi connectivity index (χ0n) is 6.03. The summed E-state index contributed by atoms with van der Waals surface area (Å²) in [5.41, 5.74) is 0. The molecule has 4 nitrogen and oxygen atoms in total. The van der Waals surface area contributed by atoms with Gasteiger partial charge in [0.15, 0.2) is 0 Å². The lowest BCUT2D eigenvalue weighted by molar-refractivity contribution is -0.140. The molecule has 0 N–H and O–H groups in total. The van der Waals surface area contributed by atoms with Gasteiger partial charge in [0.05, 0.1) is 6.54 Å². The van der Waals surface area contributed by atoms with Gasteiger partial charge in [-0.3, -0.25) is 19.3 Å². The van der Waals surface area contributed by atoms with Crippen LogP contribution >= 0.6 is 0 Å². The van der Waals surface area contributed by atoms with Gasteiger partial charge in [-0.1, -0.05) is 22.3 Å². The van der Waals surface area contributed by atoms with Gasteiger partial charge in [-0.25, -0.2) is 0 Å². The van der Waals surface area contributed by atoms with E-state index in [4.69, 9.17) is 0 Å². The standard InChI is InChI=1S/C7H7NO3.3CH4/c1-5(9)4-8-6(10)2-3-7(8)11;;;/h2-3H,4H2,1H3;3*1H4. The Hall–Kier alpha value is -1.45. The van der Waals surface area contributed by atoms with Crippen molar-refractivity contribution in [2.75, 3.05) is 6.54 Å². The third kappa shape index (κ3) is 3.98. The van der Waals surface area contributed by atoms with E-state index in [0.29, 0.717) is 0 Å². The Bertz CT molecular complexity index is 238.